The van der Waals surface area contributed by atoms with E-state index in [1.54, 1.807) is 0 Å². The maximum absolute atomic E-state index is 12.8. The van der Waals surface area contributed by atoms with Gasteiger partial charge in [0.05, 0.1) is 6.42 Å². The minimum Gasteiger partial charge on any atom is -0.486 e. The monoisotopic (exact) mass is 332 g/mol. The number of amides is 1. The van der Waals surface area contributed by atoms with Crippen LogP contribution in [0.4, 0.5) is 0 Å². The number of likely N-dealkylation sites (N-methyl/N-ethyl adjacent to an activating group) is 2. The highest BCUT2D eigenvalue weighted by molar-refractivity contribution is 5.79. The Morgan fingerprint density at radius 1 is 1.04 bits per heavy atom. The van der Waals surface area contributed by atoms with Gasteiger partial charge in [0, 0.05) is 19.1 Å². The van der Waals surface area contributed by atoms with Crippen LogP contribution >= 0.6 is 0 Å². The second-order valence-electron chi connectivity index (χ2n) is 7.04. The fraction of sp³-hybridized carbons (Fsp3) is 0.632. The molecule has 2 aliphatic rings. The molecule has 0 saturated heterocycles. The molecule has 1 aliphatic carbocycles. The fourth-order valence-electron chi connectivity index (χ4n) is 3.83. The van der Waals surface area contributed by atoms with Crippen molar-refractivity contribution in [1.82, 2.24) is 9.80 Å². The molecule has 24 heavy (non-hydrogen) atoms. The molecule has 5 heteroatoms. The van der Waals surface area contributed by atoms with Gasteiger partial charge >= 0.3 is 0 Å². The van der Waals surface area contributed by atoms with E-state index in [-0.39, 0.29) is 5.91 Å². The first kappa shape index (κ1) is 17.1. The summed E-state index contributed by atoms with van der Waals surface area (Å²) in [7, 11) is 6.18. The molecule has 0 aromatic heterocycles. The molecule has 1 aliphatic heterocycles. The molecule has 132 valence electrons. The number of nitrogens with zero attached hydrogens (tertiary/aromatic N) is 2. The molecule has 0 N–H and O–H groups in total. The third kappa shape index (κ3) is 3.66. The molecule has 2 atom stereocenters. The van der Waals surface area contributed by atoms with E-state index in [1.807, 2.05) is 30.1 Å². The van der Waals surface area contributed by atoms with Crippen molar-refractivity contribution in [2.75, 3.05) is 34.4 Å². The van der Waals surface area contributed by atoms with Gasteiger partial charge in [0.25, 0.3) is 0 Å². The van der Waals surface area contributed by atoms with Crippen molar-refractivity contribution in [2.45, 2.75) is 44.2 Å². The summed E-state index contributed by atoms with van der Waals surface area (Å²) >= 11 is 0. The van der Waals surface area contributed by atoms with Crippen molar-refractivity contribution >= 4 is 5.91 Å². The summed E-state index contributed by atoms with van der Waals surface area (Å²) in [4.78, 5) is 17.0. The van der Waals surface area contributed by atoms with Crippen LogP contribution in [0.2, 0.25) is 0 Å². The van der Waals surface area contributed by atoms with Crippen LogP contribution in [0, 0.1) is 0 Å². The first-order chi connectivity index (χ1) is 11.6. The van der Waals surface area contributed by atoms with Gasteiger partial charge in [0.15, 0.2) is 11.5 Å². The van der Waals surface area contributed by atoms with Crippen LogP contribution in [0.5, 0.6) is 11.5 Å². The van der Waals surface area contributed by atoms with Crippen molar-refractivity contribution in [2.24, 2.45) is 0 Å². The highest BCUT2D eigenvalue weighted by atomic mass is 16.6. The normalized spacial score (nSPS) is 23.2. The highest BCUT2D eigenvalue weighted by Crippen LogP contribution is 2.31. The number of carbonyl (C=O) groups excluding carboxylic acids is 1. The van der Waals surface area contributed by atoms with Crippen molar-refractivity contribution in [3.63, 3.8) is 0 Å². The Labute approximate surface area is 144 Å². The van der Waals surface area contributed by atoms with E-state index in [0.29, 0.717) is 31.7 Å². The van der Waals surface area contributed by atoms with Gasteiger partial charge in [-0.1, -0.05) is 18.9 Å². The number of hydrogen-bond donors (Lipinski definition) is 0. The summed E-state index contributed by atoms with van der Waals surface area (Å²) in [6.07, 6.45) is 5.12. The van der Waals surface area contributed by atoms with Crippen LogP contribution in [-0.4, -0.2) is 62.1 Å². The Hall–Kier alpha value is -1.75. The van der Waals surface area contributed by atoms with Gasteiger partial charge in [-0.05, 0) is 44.6 Å². The zero-order chi connectivity index (χ0) is 17.1. The number of fused-ring (bicyclic) bond motifs is 1. The number of carbonyl (C=O) groups is 1. The van der Waals surface area contributed by atoms with E-state index >= 15 is 0 Å². The third-order valence-electron chi connectivity index (χ3n) is 5.21. The Bertz CT molecular complexity index is 588. The summed E-state index contributed by atoms with van der Waals surface area (Å²) < 4.78 is 11.2. The zero-order valence-electron chi connectivity index (χ0n) is 15.0. The largest absolute Gasteiger partial charge is 0.486 e. The van der Waals surface area contributed by atoms with E-state index < -0.39 is 0 Å². The van der Waals surface area contributed by atoms with E-state index in [9.17, 15) is 4.79 Å². The number of benzene rings is 1. The van der Waals surface area contributed by atoms with Gasteiger partial charge in [-0.25, -0.2) is 0 Å². The quantitative estimate of drug-likeness (QED) is 0.849. The van der Waals surface area contributed by atoms with Crippen LogP contribution in [-0.2, 0) is 11.2 Å². The molecule has 1 saturated carbocycles. The van der Waals surface area contributed by atoms with Gasteiger partial charge < -0.3 is 19.3 Å². The Kier molecular flexibility index (Phi) is 5.29. The SMILES string of the molecule is CN(C)[C@@H]1CCCC[C@H]1N(C)C(=O)Cc1ccc2c(c1)OCCO2. The molecule has 1 amide bonds. The topological polar surface area (TPSA) is 42.0 Å². The summed E-state index contributed by atoms with van der Waals surface area (Å²) in [6.45, 7) is 1.15. The molecular weight excluding hydrogens is 304 g/mol. The molecule has 1 aromatic carbocycles. The van der Waals surface area contributed by atoms with Gasteiger partial charge in [-0.15, -0.1) is 0 Å². The lowest BCUT2D eigenvalue weighted by Crippen LogP contribution is -2.52. The van der Waals surface area contributed by atoms with Crippen molar-refractivity contribution in [1.29, 1.82) is 0 Å². The fourth-order valence-corrected chi connectivity index (χ4v) is 3.83. The average molecular weight is 332 g/mol. The van der Waals surface area contributed by atoms with Crippen LogP contribution in [0.25, 0.3) is 0 Å². The summed E-state index contributed by atoms with van der Waals surface area (Å²) in [6, 6.07) is 6.56. The molecule has 0 radical (unpaired) electrons. The van der Waals surface area contributed by atoms with Crippen LogP contribution in [0.15, 0.2) is 18.2 Å². The molecule has 0 unspecified atom stereocenters. The summed E-state index contributed by atoms with van der Waals surface area (Å²) in [5.41, 5.74) is 0.980. The Balaban J connectivity index is 1.67. The zero-order valence-corrected chi connectivity index (χ0v) is 15.0. The maximum Gasteiger partial charge on any atom is 0.227 e. The minimum absolute atomic E-state index is 0.172. The number of hydrogen-bond acceptors (Lipinski definition) is 4. The second kappa shape index (κ2) is 7.43. The first-order valence-electron chi connectivity index (χ1n) is 8.87. The molecule has 0 bridgehead atoms. The van der Waals surface area contributed by atoms with E-state index in [1.165, 1.54) is 19.3 Å². The molecule has 1 heterocycles. The molecule has 3 rings (SSSR count). The Morgan fingerprint density at radius 2 is 1.71 bits per heavy atom. The van der Waals surface area contributed by atoms with E-state index in [0.717, 1.165) is 23.5 Å². The maximum atomic E-state index is 12.8. The first-order valence-corrected chi connectivity index (χ1v) is 8.87. The predicted molar refractivity (Wildman–Crippen MR) is 93.6 cm³/mol. The van der Waals surface area contributed by atoms with E-state index in [4.69, 9.17) is 9.47 Å². The molecular formula is C19H28N2O3. The third-order valence-corrected chi connectivity index (χ3v) is 5.21. The summed E-state index contributed by atoms with van der Waals surface area (Å²) in [5, 5.41) is 0. The van der Waals surface area contributed by atoms with Crippen LogP contribution in [0.1, 0.15) is 31.2 Å². The van der Waals surface area contributed by atoms with Crippen molar-refractivity contribution in [3.05, 3.63) is 23.8 Å². The van der Waals surface area contributed by atoms with Gasteiger partial charge in [0.2, 0.25) is 5.91 Å². The van der Waals surface area contributed by atoms with Crippen LogP contribution < -0.4 is 9.47 Å². The Morgan fingerprint density at radius 3 is 2.42 bits per heavy atom. The van der Waals surface area contributed by atoms with Gasteiger partial charge in [-0.3, -0.25) is 4.79 Å². The van der Waals surface area contributed by atoms with Gasteiger partial charge in [0.1, 0.15) is 13.2 Å². The standard InChI is InChI=1S/C19H28N2O3/c1-20(2)15-6-4-5-7-16(15)21(3)19(22)13-14-8-9-17-18(12-14)24-11-10-23-17/h8-9,12,15-16H,4-7,10-11,13H2,1-3H3/t15-,16-/m1/s1. The predicted octanol–water partition coefficient (Wildman–Crippen LogP) is 2.33. The smallest absolute Gasteiger partial charge is 0.227 e. The van der Waals surface area contributed by atoms with Gasteiger partial charge in [-0.2, -0.15) is 0 Å². The lowest BCUT2D eigenvalue weighted by molar-refractivity contribution is -0.133. The number of ether oxygens (including phenoxy) is 2. The highest BCUT2D eigenvalue weighted by Gasteiger charge is 2.32. The lowest BCUT2D eigenvalue weighted by atomic mass is 9.88. The van der Waals surface area contributed by atoms with Crippen molar-refractivity contribution in [3.8, 4) is 11.5 Å². The minimum atomic E-state index is 0.172. The summed E-state index contributed by atoms with van der Waals surface area (Å²) in [5.74, 6) is 1.69. The van der Waals surface area contributed by atoms with Crippen molar-refractivity contribution < 1.29 is 14.3 Å². The molecule has 0 spiro atoms. The molecule has 1 aromatic rings. The molecule has 5 nitrogen and oxygen atoms in total. The second-order valence-corrected chi connectivity index (χ2v) is 7.04. The lowest BCUT2D eigenvalue weighted by Gasteiger charge is -2.41. The van der Waals surface area contributed by atoms with Crippen LogP contribution in [0.3, 0.4) is 0 Å². The average Bonchev–Trinajstić information content (AvgIpc) is 2.61. The van der Waals surface area contributed by atoms with E-state index in [2.05, 4.69) is 19.0 Å². The number of rotatable bonds is 4. The molecule has 1 fully saturated rings.